The third kappa shape index (κ3) is 3.27. The van der Waals surface area contributed by atoms with Crippen LogP contribution in [0.15, 0.2) is 78.9 Å². The zero-order valence-electron chi connectivity index (χ0n) is 14.6. The summed E-state index contributed by atoms with van der Waals surface area (Å²) >= 11 is 0. The Morgan fingerprint density at radius 1 is 0.963 bits per heavy atom. The van der Waals surface area contributed by atoms with Gasteiger partial charge in [-0.25, -0.2) is 0 Å². The van der Waals surface area contributed by atoms with Crippen molar-refractivity contribution >= 4 is 23.2 Å². The van der Waals surface area contributed by atoms with Crippen molar-refractivity contribution in [2.75, 3.05) is 10.2 Å². The van der Waals surface area contributed by atoms with Crippen LogP contribution >= 0.6 is 0 Å². The molecule has 0 aliphatic carbocycles. The lowest BCUT2D eigenvalue weighted by molar-refractivity contribution is -0.117. The van der Waals surface area contributed by atoms with Gasteiger partial charge in [0, 0.05) is 12.1 Å². The zero-order valence-corrected chi connectivity index (χ0v) is 14.6. The molecule has 3 aromatic carbocycles. The number of nitrogens with one attached hydrogen (secondary N) is 1. The highest BCUT2D eigenvalue weighted by atomic mass is 16.2. The topological polar surface area (TPSA) is 75.4 Å². The van der Waals surface area contributed by atoms with E-state index >= 15 is 0 Å². The predicted octanol–water partition coefficient (Wildman–Crippen LogP) is 3.49. The molecule has 5 nitrogen and oxygen atoms in total. The van der Waals surface area contributed by atoms with Crippen LogP contribution in [0.4, 0.5) is 11.4 Å². The van der Waals surface area contributed by atoms with Crippen LogP contribution in [0.25, 0.3) is 0 Å². The second-order valence-corrected chi connectivity index (χ2v) is 6.51. The zero-order chi connectivity index (χ0) is 18.8. The van der Waals surface area contributed by atoms with Gasteiger partial charge in [0.1, 0.15) is 6.04 Å². The molecule has 2 amide bonds. The molecule has 0 saturated carbocycles. The Labute approximate surface area is 157 Å². The predicted molar refractivity (Wildman–Crippen MR) is 105 cm³/mol. The summed E-state index contributed by atoms with van der Waals surface area (Å²) in [6.45, 7) is 0.566. The van der Waals surface area contributed by atoms with E-state index in [1.807, 2.05) is 66.7 Å². The lowest BCUT2D eigenvalue weighted by Gasteiger charge is -2.38. The number of rotatable bonds is 4. The van der Waals surface area contributed by atoms with E-state index in [2.05, 4.69) is 10.2 Å². The second kappa shape index (κ2) is 6.96. The normalized spacial score (nSPS) is 15.8. The molecule has 1 heterocycles. The van der Waals surface area contributed by atoms with E-state index in [4.69, 9.17) is 5.73 Å². The number of hydrogen-bond donors (Lipinski definition) is 2. The van der Waals surface area contributed by atoms with Crippen LogP contribution in [0.3, 0.4) is 0 Å². The van der Waals surface area contributed by atoms with Crippen molar-refractivity contribution in [3.8, 4) is 0 Å². The van der Waals surface area contributed by atoms with Crippen molar-refractivity contribution in [1.82, 2.24) is 0 Å². The molecule has 1 unspecified atom stereocenters. The van der Waals surface area contributed by atoms with Gasteiger partial charge in [-0.2, -0.15) is 0 Å². The molecular formula is C22H19N3O2. The lowest BCUT2D eigenvalue weighted by atomic mass is 9.98. The molecule has 0 aromatic heterocycles. The fourth-order valence-corrected chi connectivity index (χ4v) is 3.44. The molecule has 5 heteroatoms. The molecule has 3 aromatic rings. The van der Waals surface area contributed by atoms with E-state index in [0.29, 0.717) is 17.8 Å². The number of primary amides is 1. The van der Waals surface area contributed by atoms with Crippen LogP contribution in [-0.4, -0.2) is 11.8 Å². The van der Waals surface area contributed by atoms with Crippen LogP contribution < -0.4 is 16.0 Å². The first-order valence-electron chi connectivity index (χ1n) is 8.74. The first-order valence-corrected chi connectivity index (χ1v) is 8.74. The van der Waals surface area contributed by atoms with Gasteiger partial charge in [0.05, 0.1) is 11.4 Å². The SMILES string of the molecule is NC(=O)c1ccc2c(c1)NC(=O)C(c1ccccc1)N2Cc1ccccc1. The van der Waals surface area contributed by atoms with Gasteiger partial charge in [0.2, 0.25) is 5.91 Å². The van der Waals surface area contributed by atoms with Crippen LogP contribution in [0, 0.1) is 0 Å². The summed E-state index contributed by atoms with van der Waals surface area (Å²) in [5.74, 6) is -0.655. The molecular weight excluding hydrogens is 338 g/mol. The molecule has 1 aliphatic heterocycles. The highest BCUT2D eigenvalue weighted by Crippen LogP contribution is 2.39. The Bertz CT molecular complexity index is 987. The average molecular weight is 357 g/mol. The molecule has 0 spiro atoms. The molecule has 27 heavy (non-hydrogen) atoms. The van der Waals surface area contributed by atoms with E-state index in [1.165, 1.54) is 0 Å². The fraction of sp³-hybridized carbons (Fsp3) is 0.0909. The van der Waals surface area contributed by atoms with E-state index in [-0.39, 0.29) is 5.91 Å². The van der Waals surface area contributed by atoms with Crippen molar-refractivity contribution in [2.24, 2.45) is 5.73 Å². The van der Waals surface area contributed by atoms with Crippen LogP contribution in [0.5, 0.6) is 0 Å². The number of carbonyl (C=O) groups excluding carboxylic acids is 2. The fourth-order valence-electron chi connectivity index (χ4n) is 3.44. The maximum atomic E-state index is 13.0. The van der Waals surface area contributed by atoms with Crippen molar-refractivity contribution in [1.29, 1.82) is 0 Å². The average Bonchev–Trinajstić information content (AvgIpc) is 2.69. The van der Waals surface area contributed by atoms with Gasteiger partial charge in [-0.3, -0.25) is 9.59 Å². The number of fused-ring (bicyclic) bond motifs is 1. The first kappa shape index (κ1) is 16.8. The first-order chi connectivity index (χ1) is 13.1. The summed E-state index contributed by atoms with van der Waals surface area (Å²) in [6.07, 6.45) is 0. The van der Waals surface area contributed by atoms with E-state index in [1.54, 1.807) is 12.1 Å². The Kier molecular flexibility index (Phi) is 4.34. The Morgan fingerprint density at radius 2 is 1.63 bits per heavy atom. The number of nitrogens with zero attached hydrogens (tertiary/aromatic N) is 1. The molecule has 3 N–H and O–H groups in total. The number of hydrogen-bond acceptors (Lipinski definition) is 3. The number of nitrogens with two attached hydrogens (primary N) is 1. The van der Waals surface area contributed by atoms with Crippen molar-refractivity contribution in [3.63, 3.8) is 0 Å². The van der Waals surface area contributed by atoms with Gasteiger partial charge < -0.3 is 16.0 Å². The summed E-state index contributed by atoms with van der Waals surface area (Å²) < 4.78 is 0. The van der Waals surface area contributed by atoms with Gasteiger partial charge in [0.25, 0.3) is 5.91 Å². The van der Waals surface area contributed by atoms with Crippen LogP contribution in [0.2, 0.25) is 0 Å². The highest BCUT2D eigenvalue weighted by molar-refractivity contribution is 6.06. The largest absolute Gasteiger partial charge is 0.366 e. The Balaban J connectivity index is 1.82. The minimum atomic E-state index is -0.521. The minimum Gasteiger partial charge on any atom is -0.366 e. The second-order valence-electron chi connectivity index (χ2n) is 6.51. The quantitative estimate of drug-likeness (QED) is 0.750. The summed E-state index contributed by atoms with van der Waals surface area (Å²) in [5, 5.41) is 2.93. The van der Waals surface area contributed by atoms with Gasteiger partial charge in [-0.15, -0.1) is 0 Å². The van der Waals surface area contributed by atoms with E-state index in [0.717, 1.165) is 16.8 Å². The van der Waals surface area contributed by atoms with E-state index < -0.39 is 11.9 Å². The Hall–Kier alpha value is -3.60. The number of benzene rings is 3. The molecule has 1 atom stereocenters. The molecule has 0 bridgehead atoms. The monoisotopic (exact) mass is 357 g/mol. The van der Waals surface area contributed by atoms with Gasteiger partial charge >= 0.3 is 0 Å². The van der Waals surface area contributed by atoms with Crippen LogP contribution in [0.1, 0.15) is 27.5 Å². The maximum Gasteiger partial charge on any atom is 0.251 e. The minimum absolute atomic E-state index is 0.133. The van der Waals surface area contributed by atoms with Crippen LogP contribution in [-0.2, 0) is 11.3 Å². The summed E-state index contributed by atoms with van der Waals surface area (Å²) in [6, 6.07) is 24.4. The third-order valence-corrected chi connectivity index (χ3v) is 4.72. The van der Waals surface area contributed by atoms with Gasteiger partial charge in [-0.1, -0.05) is 60.7 Å². The van der Waals surface area contributed by atoms with Crippen molar-refractivity contribution in [3.05, 3.63) is 95.6 Å². The summed E-state index contributed by atoms with van der Waals surface area (Å²) in [5.41, 5.74) is 9.22. The Morgan fingerprint density at radius 3 is 2.30 bits per heavy atom. The summed E-state index contributed by atoms with van der Waals surface area (Å²) in [4.78, 5) is 26.6. The lowest BCUT2D eigenvalue weighted by Crippen LogP contribution is -2.41. The molecule has 0 fully saturated rings. The standard InChI is InChI=1S/C22H19N3O2/c23-21(26)17-11-12-19-18(13-17)24-22(27)20(16-9-5-2-6-10-16)25(19)14-15-7-3-1-4-8-15/h1-13,20H,14H2,(H2,23,26)(H,24,27). The molecule has 0 saturated heterocycles. The van der Waals surface area contributed by atoms with Crippen molar-refractivity contribution < 1.29 is 9.59 Å². The molecule has 134 valence electrons. The number of amides is 2. The molecule has 1 aliphatic rings. The number of anilines is 2. The molecule has 0 radical (unpaired) electrons. The van der Waals surface area contributed by atoms with E-state index in [9.17, 15) is 9.59 Å². The summed E-state index contributed by atoms with van der Waals surface area (Å²) in [7, 11) is 0. The van der Waals surface area contributed by atoms with Gasteiger partial charge in [-0.05, 0) is 29.3 Å². The highest BCUT2D eigenvalue weighted by Gasteiger charge is 2.34. The smallest absolute Gasteiger partial charge is 0.251 e. The van der Waals surface area contributed by atoms with Crippen molar-refractivity contribution in [2.45, 2.75) is 12.6 Å². The van der Waals surface area contributed by atoms with Gasteiger partial charge in [0.15, 0.2) is 0 Å². The third-order valence-electron chi connectivity index (χ3n) is 4.72. The maximum absolute atomic E-state index is 13.0. The number of carbonyl (C=O) groups is 2. The molecule has 4 rings (SSSR count).